The van der Waals surface area contributed by atoms with Crippen LogP contribution in [0.25, 0.3) is 0 Å². The van der Waals surface area contributed by atoms with Crippen LogP contribution >= 0.6 is 7.82 Å². The first-order valence-electron chi connectivity index (χ1n) is 31.5. The molecule has 428 valence electrons. The summed E-state index contributed by atoms with van der Waals surface area (Å²) in [6.07, 6.45) is 60.6. The molecular formula is C62H124N2O7P+. The highest BCUT2D eigenvalue weighted by Gasteiger charge is 2.30. The molecule has 0 aromatic carbocycles. The number of hydrogen-bond donors (Lipinski definition) is 2. The van der Waals surface area contributed by atoms with Gasteiger partial charge in [-0.3, -0.25) is 18.6 Å². The van der Waals surface area contributed by atoms with Crippen LogP contribution in [0.2, 0.25) is 0 Å². The monoisotopic (exact) mass is 1040 g/mol. The van der Waals surface area contributed by atoms with E-state index < -0.39 is 20.0 Å². The van der Waals surface area contributed by atoms with Crippen molar-refractivity contribution in [2.45, 2.75) is 335 Å². The normalized spacial score (nSPS) is 13.7. The predicted octanol–water partition coefficient (Wildman–Crippen LogP) is 19.2. The van der Waals surface area contributed by atoms with Gasteiger partial charge in [-0.1, -0.05) is 290 Å². The molecule has 0 aromatic rings. The number of unbranched alkanes of at least 4 members (excludes halogenated alkanes) is 42. The highest BCUT2D eigenvalue weighted by molar-refractivity contribution is 7.47. The maximum absolute atomic E-state index is 13.5. The van der Waals surface area contributed by atoms with Gasteiger partial charge in [0.1, 0.15) is 19.3 Å². The summed E-state index contributed by atoms with van der Waals surface area (Å²) in [5.41, 5.74) is 0. The molecule has 10 heteroatoms. The Morgan fingerprint density at radius 3 is 1.14 bits per heavy atom. The van der Waals surface area contributed by atoms with E-state index in [0.29, 0.717) is 23.9 Å². The third-order valence-corrected chi connectivity index (χ3v) is 15.5. The van der Waals surface area contributed by atoms with Gasteiger partial charge in [-0.05, 0) is 31.8 Å². The van der Waals surface area contributed by atoms with Crippen LogP contribution in [0.5, 0.6) is 0 Å². The number of carbonyl (C=O) groups is 2. The molecule has 0 rings (SSSR count). The van der Waals surface area contributed by atoms with E-state index in [-0.39, 0.29) is 25.1 Å². The largest absolute Gasteiger partial charge is 0.472 e. The lowest BCUT2D eigenvalue weighted by atomic mass is 10.0. The Labute approximate surface area is 448 Å². The Kier molecular flexibility index (Phi) is 52.2. The van der Waals surface area contributed by atoms with Crippen molar-refractivity contribution in [2.24, 2.45) is 0 Å². The number of amides is 1. The zero-order valence-electron chi connectivity index (χ0n) is 49.0. The van der Waals surface area contributed by atoms with Crippen molar-refractivity contribution in [1.29, 1.82) is 0 Å². The molecule has 0 aromatic heterocycles. The van der Waals surface area contributed by atoms with Crippen molar-refractivity contribution in [2.75, 3.05) is 40.9 Å². The standard InChI is InChI=1S/C62H123N2O7P/c1-7-10-13-16-19-22-25-28-29-30-31-32-33-34-35-37-39-42-45-48-51-54-61(65)63-59(58-70-72(67,68)69-57-56-64(4,5)6)60(53-50-47-44-41-38-27-24-21-18-15-12-9-3)71-62(66)55-52-49-46-43-40-36-26-23-20-17-14-11-8-2/h50,53,59-60H,7-49,51-52,54-58H2,1-6H3,(H-,63,65,67,68)/p+1/b53-50+. The Morgan fingerprint density at radius 2 is 0.792 bits per heavy atom. The average Bonchev–Trinajstić information content (AvgIpc) is 3.34. The van der Waals surface area contributed by atoms with Crippen molar-refractivity contribution >= 4 is 19.7 Å². The summed E-state index contributed by atoms with van der Waals surface area (Å²) in [6.45, 7) is 7.06. The molecule has 0 saturated heterocycles. The van der Waals surface area contributed by atoms with Crippen LogP contribution in [0.4, 0.5) is 0 Å². The van der Waals surface area contributed by atoms with E-state index in [9.17, 15) is 19.0 Å². The quantitative estimate of drug-likeness (QED) is 0.0205. The molecule has 0 aliphatic heterocycles. The maximum atomic E-state index is 13.5. The van der Waals surface area contributed by atoms with Crippen molar-refractivity contribution < 1.29 is 37.3 Å². The van der Waals surface area contributed by atoms with Crippen LogP contribution in [0, 0.1) is 0 Å². The molecule has 9 nitrogen and oxygen atoms in total. The van der Waals surface area contributed by atoms with Crippen LogP contribution in [-0.4, -0.2) is 74.3 Å². The zero-order valence-corrected chi connectivity index (χ0v) is 49.9. The minimum atomic E-state index is -4.44. The summed E-state index contributed by atoms with van der Waals surface area (Å²) in [4.78, 5) is 37.7. The molecule has 0 aliphatic rings. The maximum Gasteiger partial charge on any atom is 0.472 e. The summed E-state index contributed by atoms with van der Waals surface area (Å²) in [6, 6.07) is -0.838. The summed E-state index contributed by atoms with van der Waals surface area (Å²) >= 11 is 0. The fourth-order valence-corrected chi connectivity index (χ4v) is 10.3. The number of esters is 1. The second-order valence-corrected chi connectivity index (χ2v) is 24.4. The summed E-state index contributed by atoms with van der Waals surface area (Å²) < 4.78 is 30.7. The average molecular weight is 1040 g/mol. The van der Waals surface area contributed by atoms with E-state index >= 15 is 0 Å². The van der Waals surface area contributed by atoms with Gasteiger partial charge in [0.05, 0.1) is 33.8 Å². The van der Waals surface area contributed by atoms with Crippen molar-refractivity contribution in [3.05, 3.63) is 12.2 Å². The molecule has 3 unspecified atom stereocenters. The first-order chi connectivity index (χ1) is 34.9. The van der Waals surface area contributed by atoms with Crippen LogP contribution < -0.4 is 5.32 Å². The van der Waals surface area contributed by atoms with Gasteiger partial charge in [0.15, 0.2) is 0 Å². The SMILES string of the molecule is CCCCCCCCCCCC/C=C/C(OC(=O)CCCCCCCCCCCCCCC)C(COP(=O)(O)OCC[N+](C)(C)C)NC(=O)CCCCCCCCCCCCCCCCCCCCCCC. The van der Waals surface area contributed by atoms with E-state index in [1.165, 1.54) is 231 Å². The number of rotatable bonds is 58. The predicted molar refractivity (Wildman–Crippen MR) is 310 cm³/mol. The number of ether oxygens (including phenoxy) is 1. The number of phosphoric ester groups is 1. The topological polar surface area (TPSA) is 111 Å². The van der Waals surface area contributed by atoms with Crippen LogP contribution in [0.1, 0.15) is 323 Å². The Bertz CT molecular complexity index is 1240. The number of nitrogens with one attached hydrogen (secondary N) is 1. The number of likely N-dealkylation sites (N-methyl/N-ethyl adjacent to an activating group) is 1. The number of allylic oxidation sites excluding steroid dienone is 1. The molecular weight excluding hydrogens is 916 g/mol. The molecule has 3 atom stereocenters. The molecule has 0 radical (unpaired) electrons. The molecule has 0 heterocycles. The van der Waals surface area contributed by atoms with E-state index in [2.05, 4.69) is 26.1 Å². The zero-order chi connectivity index (χ0) is 52.9. The van der Waals surface area contributed by atoms with E-state index in [1.54, 1.807) is 0 Å². The Hall–Kier alpha value is -1.25. The van der Waals surface area contributed by atoms with E-state index in [1.807, 2.05) is 33.3 Å². The third kappa shape index (κ3) is 53.6. The summed E-state index contributed by atoms with van der Waals surface area (Å²) in [5, 5.41) is 3.07. The lowest BCUT2D eigenvalue weighted by Gasteiger charge is -2.27. The van der Waals surface area contributed by atoms with Crippen LogP contribution in [-0.2, 0) is 27.9 Å². The Morgan fingerprint density at radius 1 is 0.472 bits per heavy atom. The highest BCUT2D eigenvalue weighted by Crippen LogP contribution is 2.43. The van der Waals surface area contributed by atoms with Crippen molar-refractivity contribution in [3.63, 3.8) is 0 Å². The molecule has 0 spiro atoms. The van der Waals surface area contributed by atoms with E-state index in [0.717, 1.165) is 57.8 Å². The molecule has 2 N–H and O–H groups in total. The second-order valence-electron chi connectivity index (χ2n) is 23.0. The van der Waals surface area contributed by atoms with Crippen molar-refractivity contribution in [1.82, 2.24) is 5.32 Å². The first-order valence-corrected chi connectivity index (χ1v) is 33.0. The number of nitrogens with zero attached hydrogens (tertiary/aromatic N) is 1. The summed E-state index contributed by atoms with van der Waals surface area (Å²) in [5.74, 6) is -0.484. The first kappa shape index (κ1) is 70.8. The number of hydrogen-bond acceptors (Lipinski definition) is 6. The van der Waals surface area contributed by atoms with Gasteiger partial charge < -0.3 is 19.4 Å². The van der Waals surface area contributed by atoms with E-state index in [4.69, 9.17) is 13.8 Å². The van der Waals surface area contributed by atoms with Gasteiger partial charge in [0.2, 0.25) is 5.91 Å². The molecule has 72 heavy (non-hydrogen) atoms. The smallest absolute Gasteiger partial charge is 0.456 e. The lowest BCUT2D eigenvalue weighted by Crippen LogP contribution is -2.47. The van der Waals surface area contributed by atoms with Crippen molar-refractivity contribution in [3.8, 4) is 0 Å². The lowest BCUT2D eigenvalue weighted by molar-refractivity contribution is -0.870. The minimum Gasteiger partial charge on any atom is -0.456 e. The fraction of sp³-hybridized carbons (Fsp3) is 0.935. The van der Waals surface area contributed by atoms with Crippen LogP contribution in [0.15, 0.2) is 12.2 Å². The van der Waals surface area contributed by atoms with Gasteiger partial charge in [-0.2, -0.15) is 0 Å². The fourth-order valence-electron chi connectivity index (χ4n) is 9.59. The molecule has 0 aliphatic carbocycles. The Balaban J connectivity index is 5.14. The second kappa shape index (κ2) is 53.2. The van der Waals surface area contributed by atoms with Crippen LogP contribution in [0.3, 0.4) is 0 Å². The molecule has 0 bridgehead atoms. The van der Waals surface area contributed by atoms with Gasteiger partial charge >= 0.3 is 13.8 Å². The number of phosphoric acid groups is 1. The van der Waals surface area contributed by atoms with Gasteiger partial charge in [0, 0.05) is 12.8 Å². The molecule has 0 saturated carbocycles. The van der Waals surface area contributed by atoms with Gasteiger partial charge in [0.25, 0.3) is 0 Å². The molecule has 0 fully saturated rings. The molecule has 1 amide bonds. The van der Waals surface area contributed by atoms with Gasteiger partial charge in [-0.15, -0.1) is 0 Å². The number of carbonyl (C=O) groups excluding carboxylic acids is 2. The number of quaternary nitrogens is 1. The minimum absolute atomic E-state index is 0.0457. The highest BCUT2D eigenvalue weighted by atomic mass is 31.2. The third-order valence-electron chi connectivity index (χ3n) is 14.5. The van der Waals surface area contributed by atoms with Gasteiger partial charge in [-0.25, -0.2) is 4.57 Å². The summed E-state index contributed by atoms with van der Waals surface area (Å²) in [7, 11) is 1.52.